The van der Waals surface area contributed by atoms with E-state index >= 15 is 0 Å². The first kappa shape index (κ1) is 29.7. The Morgan fingerprint density at radius 3 is 2.65 bits per heavy atom. The second-order valence-corrected chi connectivity index (χ2v) is 11.9. The lowest BCUT2D eigenvalue weighted by atomic mass is 9.79. The minimum atomic E-state index is -0.375. The molecule has 0 amide bonds. The lowest BCUT2D eigenvalue weighted by Crippen LogP contribution is -2.46. The molecule has 0 radical (unpaired) electrons. The number of fused-ring (bicyclic) bond motifs is 1. The molecule has 3 aromatic rings. The van der Waals surface area contributed by atoms with Crippen molar-refractivity contribution in [1.82, 2.24) is 4.90 Å². The topological polar surface area (TPSA) is 72.4 Å². The zero-order valence-electron chi connectivity index (χ0n) is 25.1. The summed E-state index contributed by atoms with van der Waals surface area (Å²) in [5, 5.41) is 13.5. The maximum absolute atomic E-state index is 14.8. The van der Waals surface area contributed by atoms with E-state index in [0.29, 0.717) is 37.2 Å². The molecule has 1 unspecified atom stereocenters. The van der Waals surface area contributed by atoms with Crippen LogP contribution in [0.25, 0.3) is 0 Å². The fraction of sp³-hybridized carbons (Fsp3) is 0.486. The smallest absolute Gasteiger partial charge is 0.170 e. The molecule has 2 aliphatic heterocycles. The van der Waals surface area contributed by atoms with Crippen molar-refractivity contribution in [2.45, 2.75) is 56.7 Å². The molecule has 7 nitrogen and oxygen atoms in total. The molecule has 0 bridgehead atoms. The molecule has 2 fully saturated rings. The Balaban J connectivity index is 0.972. The highest BCUT2D eigenvalue weighted by atomic mass is 19.1. The number of hydrogen-bond donors (Lipinski definition) is 2. The minimum absolute atomic E-state index is 0.308. The van der Waals surface area contributed by atoms with Crippen LogP contribution in [0.2, 0.25) is 0 Å². The number of phenolic OH excluding ortho intramolecular Hbond substituents is 1. The zero-order valence-corrected chi connectivity index (χ0v) is 25.1. The maximum atomic E-state index is 14.8. The quantitative estimate of drug-likeness (QED) is 0.263. The molecule has 0 aromatic heterocycles. The average Bonchev–Trinajstić information content (AvgIpc) is 3.48. The van der Waals surface area contributed by atoms with Crippen LogP contribution >= 0.6 is 0 Å². The summed E-state index contributed by atoms with van der Waals surface area (Å²) < 4.78 is 37.8. The first-order valence-corrected chi connectivity index (χ1v) is 15.6. The molecule has 3 aromatic carbocycles. The summed E-state index contributed by atoms with van der Waals surface area (Å²) in [5.74, 6) is 1.18. The number of nitrogens with zero attached hydrogens (tertiary/aromatic N) is 1. The molecule has 43 heavy (non-hydrogen) atoms. The van der Waals surface area contributed by atoms with Gasteiger partial charge in [-0.2, -0.15) is 0 Å². The summed E-state index contributed by atoms with van der Waals surface area (Å²) in [4.78, 5) is 2.32. The van der Waals surface area contributed by atoms with Gasteiger partial charge in [-0.3, -0.25) is 4.90 Å². The highest BCUT2D eigenvalue weighted by Gasteiger charge is 2.39. The molecular formula is C35H43FN2O5. The number of ether oxygens (including phenoxy) is 4. The van der Waals surface area contributed by atoms with Crippen LogP contribution in [0.15, 0.2) is 54.6 Å². The Labute approximate surface area is 253 Å². The number of anilines is 1. The first-order chi connectivity index (χ1) is 21.0. The highest BCUT2D eigenvalue weighted by molar-refractivity contribution is 5.57. The van der Waals surface area contributed by atoms with E-state index in [0.717, 1.165) is 88.1 Å². The van der Waals surface area contributed by atoms with Gasteiger partial charge in [0.15, 0.2) is 17.4 Å². The summed E-state index contributed by atoms with van der Waals surface area (Å²) in [6.45, 7) is 5.14. The summed E-state index contributed by atoms with van der Waals surface area (Å²) >= 11 is 0. The van der Waals surface area contributed by atoms with Crippen LogP contribution in [0, 0.1) is 5.82 Å². The second-order valence-electron chi connectivity index (χ2n) is 11.9. The van der Waals surface area contributed by atoms with E-state index in [1.165, 1.54) is 16.7 Å². The lowest BCUT2D eigenvalue weighted by molar-refractivity contribution is -0.185. The van der Waals surface area contributed by atoms with Gasteiger partial charge in [0, 0.05) is 50.8 Å². The molecule has 230 valence electrons. The number of phenols is 1. The fourth-order valence-electron chi connectivity index (χ4n) is 6.70. The number of aromatic hydroxyl groups is 1. The average molecular weight is 591 g/mol. The van der Waals surface area contributed by atoms with Crippen molar-refractivity contribution in [2.75, 3.05) is 58.4 Å². The zero-order chi connectivity index (χ0) is 29.6. The van der Waals surface area contributed by atoms with Crippen LogP contribution in [0.1, 0.15) is 53.9 Å². The molecular weight excluding hydrogens is 547 g/mol. The van der Waals surface area contributed by atoms with Gasteiger partial charge in [-0.1, -0.05) is 18.2 Å². The van der Waals surface area contributed by atoms with Crippen LogP contribution in [0.4, 0.5) is 10.1 Å². The van der Waals surface area contributed by atoms with E-state index in [2.05, 4.69) is 22.3 Å². The van der Waals surface area contributed by atoms with Crippen LogP contribution in [-0.4, -0.2) is 68.9 Å². The summed E-state index contributed by atoms with van der Waals surface area (Å²) in [5.41, 5.74) is 5.89. The van der Waals surface area contributed by atoms with Gasteiger partial charge in [-0.05, 0) is 90.6 Å². The third kappa shape index (κ3) is 7.25. The van der Waals surface area contributed by atoms with Gasteiger partial charge in [-0.15, -0.1) is 0 Å². The number of piperidine rings is 1. The van der Waals surface area contributed by atoms with Gasteiger partial charge in [0.2, 0.25) is 0 Å². The number of methoxy groups -OCH3 is 1. The SMILES string of the molecule is COc1ccc(C2CCc3cc(O)ccc3C2)c(NCCCc2ccc(OCCN3CCC4(CC3)OCCO4)c(F)c2)c1. The molecule has 3 aliphatic rings. The fourth-order valence-corrected chi connectivity index (χ4v) is 6.70. The normalized spacial score (nSPS) is 19.7. The number of nitrogens with one attached hydrogen (secondary N) is 1. The molecule has 2 heterocycles. The molecule has 1 spiro atoms. The van der Waals surface area contributed by atoms with Gasteiger partial charge in [0.1, 0.15) is 18.1 Å². The summed E-state index contributed by atoms with van der Waals surface area (Å²) in [6, 6.07) is 17.3. The summed E-state index contributed by atoms with van der Waals surface area (Å²) in [7, 11) is 1.69. The third-order valence-corrected chi connectivity index (χ3v) is 9.17. The number of likely N-dealkylation sites (tertiary alicyclic amines) is 1. The van der Waals surface area contributed by atoms with Crippen molar-refractivity contribution in [3.8, 4) is 17.2 Å². The Morgan fingerprint density at radius 1 is 1.02 bits per heavy atom. The Hall–Kier alpha value is -3.33. The maximum Gasteiger partial charge on any atom is 0.170 e. The van der Waals surface area contributed by atoms with Crippen molar-refractivity contribution in [3.63, 3.8) is 0 Å². The van der Waals surface area contributed by atoms with Crippen LogP contribution < -0.4 is 14.8 Å². The molecule has 1 aliphatic carbocycles. The molecule has 6 rings (SSSR count). The Morgan fingerprint density at radius 2 is 1.86 bits per heavy atom. The van der Waals surface area contributed by atoms with E-state index < -0.39 is 0 Å². The number of rotatable bonds is 11. The second kappa shape index (κ2) is 13.5. The predicted octanol–water partition coefficient (Wildman–Crippen LogP) is 6.07. The van der Waals surface area contributed by atoms with Gasteiger partial charge in [0.05, 0.1) is 20.3 Å². The molecule has 1 atom stereocenters. The van der Waals surface area contributed by atoms with E-state index in [9.17, 15) is 9.50 Å². The molecule has 2 N–H and O–H groups in total. The van der Waals surface area contributed by atoms with Crippen LogP contribution in [0.3, 0.4) is 0 Å². The third-order valence-electron chi connectivity index (χ3n) is 9.17. The van der Waals surface area contributed by atoms with E-state index in [1.807, 2.05) is 24.3 Å². The Bertz CT molecular complexity index is 1380. The van der Waals surface area contributed by atoms with Crippen molar-refractivity contribution in [2.24, 2.45) is 0 Å². The van der Waals surface area contributed by atoms with Crippen molar-refractivity contribution in [1.29, 1.82) is 0 Å². The molecule has 0 saturated carbocycles. The van der Waals surface area contributed by atoms with Gasteiger partial charge < -0.3 is 29.4 Å². The first-order valence-electron chi connectivity index (χ1n) is 15.6. The number of hydrogen-bond acceptors (Lipinski definition) is 7. The molecule has 8 heteroatoms. The van der Waals surface area contributed by atoms with Gasteiger partial charge in [-0.25, -0.2) is 4.39 Å². The number of halogens is 1. The standard InChI is InChI=1S/C35H43FN2O5/c1-40-30-9-10-31(28-6-5-27-23-29(39)8-7-26(27)22-28)33(24-30)37-14-2-3-25-4-11-34(32(36)21-25)41-18-17-38-15-12-35(13-16-38)42-19-20-43-35/h4,7-11,21,23-24,28,37,39H,2-3,5-6,12-20,22H2,1H3. The number of benzene rings is 3. The minimum Gasteiger partial charge on any atom is -0.508 e. The van der Waals surface area contributed by atoms with Crippen LogP contribution in [-0.2, 0) is 28.7 Å². The van der Waals surface area contributed by atoms with Crippen molar-refractivity contribution < 1.29 is 28.4 Å². The van der Waals surface area contributed by atoms with E-state index in [-0.39, 0.29) is 11.6 Å². The monoisotopic (exact) mass is 590 g/mol. The van der Waals surface area contributed by atoms with E-state index in [4.69, 9.17) is 18.9 Å². The Kier molecular flexibility index (Phi) is 9.36. The van der Waals surface area contributed by atoms with Crippen LogP contribution in [0.5, 0.6) is 17.2 Å². The van der Waals surface area contributed by atoms with Gasteiger partial charge in [0.25, 0.3) is 0 Å². The summed E-state index contributed by atoms with van der Waals surface area (Å²) in [6.07, 6.45) is 6.31. The predicted molar refractivity (Wildman–Crippen MR) is 165 cm³/mol. The van der Waals surface area contributed by atoms with Gasteiger partial charge >= 0.3 is 0 Å². The molecule has 2 saturated heterocycles. The number of aryl methyl sites for hydroxylation is 2. The lowest BCUT2D eigenvalue weighted by Gasteiger charge is -2.37. The highest BCUT2D eigenvalue weighted by Crippen LogP contribution is 2.38. The van der Waals surface area contributed by atoms with Crippen molar-refractivity contribution in [3.05, 3.63) is 82.7 Å². The van der Waals surface area contributed by atoms with Crippen molar-refractivity contribution >= 4 is 5.69 Å². The largest absolute Gasteiger partial charge is 0.508 e. The van der Waals surface area contributed by atoms with E-state index in [1.54, 1.807) is 25.3 Å².